The Morgan fingerprint density at radius 2 is 1.93 bits per heavy atom. The second kappa shape index (κ2) is 7.13. The van der Waals surface area contributed by atoms with Crippen molar-refractivity contribution in [2.75, 3.05) is 0 Å². The number of allylic oxidation sites excluding steroid dienone is 4. The van der Waals surface area contributed by atoms with Gasteiger partial charge in [0.2, 0.25) is 5.91 Å². The van der Waals surface area contributed by atoms with Crippen molar-refractivity contribution in [2.45, 2.75) is 27.7 Å². The molecule has 0 aromatic heterocycles. The monoisotopic (exact) mass is 280 g/mol. The molecule has 0 fully saturated rings. The van der Waals surface area contributed by atoms with Crippen LogP contribution in [0.3, 0.4) is 0 Å². The number of amides is 1. The predicted octanol–water partition coefficient (Wildman–Crippen LogP) is 2.55. The van der Waals surface area contributed by atoms with Crippen LogP contribution in [-0.2, 0) is 37.5 Å². The summed E-state index contributed by atoms with van der Waals surface area (Å²) in [4.78, 5) is 11.4. The van der Waals surface area contributed by atoms with Crippen LogP contribution < -0.4 is 5.32 Å². The molecule has 0 aromatic carbocycles. The van der Waals surface area contributed by atoms with Crippen LogP contribution in [0.25, 0.3) is 0 Å². The van der Waals surface area contributed by atoms with Crippen LogP contribution in [0.15, 0.2) is 28.5 Å². The Morgan fingerprint density at radius 3 is 2.27 bits per heavy atom. The van der Waals surface area contributed by atoms with Crippen molar-refractivity contribution in [1.82, 2.24) is 5.32 Å². The van der Waals surface area contributed by atoms with E-state index in [4.69, 9.17) is 0 Å². The normalized spacial score (nSPS) is 18.5. The van der Waals surface area contributed by atoms with E-state index in [1.807, 2.05) is 33.8 Å². The molecule has 2 nitrogen and oxygen atoms in total. The first kappa shape index (κ1) is 17.2. The minimum absolute atomic E-state index is 0. The summed E-state index contributed by atoms with van der Waals surface area (Å²) >= 11 is 0. The molecule has 0 saturated heterocycles. The van der Waals surface area contributed by atoms with Crippen molar-refractivity contribution in [3.05, 3.63) is 42.0 Å². The van der Waals surface area contributed by atoms with Crippen molar-refractivity contribution in [3.63, 3.8) is 0 Å². The zero-order valence-corrected chi connectivity index (χ0v) is 12.9. The molecular formula is C12H17NOY-2. The third-order valence-corrected chi connectivity index (χ3v) is 2.27. The molecule has 0 bridgehead atoms. The first-order chi connectivity index (χ1) is 6.06. The second-order valence-electron chi connectivity index (χ2n) is 3.20. The summed E-state index contributed by atoms with van der Waals surface area (Å²) in [7, 11) is 0. The topological polar surface area (TPSA) is 29.1 Å². The maximum Gasteiger partial charge on any atom is 0.237 e. The largest absolute Gasteiger partial charge is 0.358 e. The van der Waals surface area contributed by atoms with Gasteiger partial charge in [0.15, 0.2) is 0 Å². The fraction of sp³-hybridized carbons (Fsp3) is 0.333. The molecule has 1 heterocycles. The average molecular weight is 280 g/mol. The molecule has 1 radical (unpaired) electrons. The Labute approximate surface area is 118 Å². The van der Waals surface area contributed by atoms with Crippen LogP contribution >= 0.6 is 0 Å². The van der Waals surface area contributed by atoms with E-state index in [1.165, 1.54) is 0 Å². The molecule has 15 heavy (non-hydrogen) atoms. The Bertz CT molecular complexity index is 338. The van der Waals surface area contributed by atoms with Gasteiger partial charge in [-0.2, -0.15) is 6.08 Å². The first-order valence-corrected chi connectivity index (χ1v) is 4.28. The van der Waals surface area contributed by atoms with Gasteiger partial charge in [-0.25, -0.2) is 5.57 Å². The van der Waals surface area contributed by atoms with E-state index in [1.54, 1.807) is 0 Å². The molecule has 0 spiro atoms. The van der Waals surface area contributed by atoms with Crippen LogP contribution in [0, 0.1) is 13.5 Å². The van der Waals surface area contributed by atoms with Crippen molar-refractivity contribution >= 4 is 5.91 Å². The van der Waals surface area contributed by atoms with E-state index in [9.17, 15) is 4.79 Å². The molecule has 1 aliphatic rings. The van der Waals surface area contributed by atoms with E-state index in [0.717, 1.165) is 22.4 Å². The molecule has 1 aliphatic heterocycles. The van der Waals surface area contributed by atoms with Crippen LogP contribution in [0.1, 0.15) is 27.7 Å². The number of rotatable bonds is 1. The number of hydrogen-bond acceptors (Lipinski definition) is 1. The van der Waals surface area contributed by atoms with Gasteiger partial charge in [0, 0.05) is 38.4 Å². The standard InChI is InChI=1S/C11H14NO.CH3.Y/c1-5-7(2)6-10-8(3)9(4)12-11(10)13;;/h6H,1-4H3,(H,12,13);1H3;/q2*-1;/b10-6-;;. The van der Waals surface area contributed by atoms with Crippen molar-refractivity contribution in [3.8, 4) is 0 Å². The summed E-state index contributed by atoms with van der Waals surface area (Å²) < 4.78 is 0. The Kier molecular flexibility index (Phi) is 8.18. The van der Waals surface area contributed by atoms with Crippen LogP contribution in [-0.4, -0.2) is 5.91 Å². The Morgan fingerprint density at radius 1 is 1.40 bits per heavy atom. The first-order valence-electron chi connectivity index (χ1n) is 4.28. The molecular weight excluding hydrogens is 263 g/mol. The third-order valence-electron chi connectivity index (χ3n) is 2.27. The summed E-state index contributed by atoms with van der Waals surface area (Å²) in [6.07, 6.45) is 4.85. The fourth-order valence-corrected chi connectivity index (χ4v) is 1.17. The third kappa shape index (κ3) is 4.04. The maximum atomic E-state index is 11.4. The maximum absolute atomic E-state index is 11.4. The van der Waals surface area contributed by atoms with Gasteiger partial charge < -0.3 is 12.7 Å². The quantitative estimate of drug-likeness (QED) is 0.580. The van der Waals surface area contributed by atoms with Crippen molar-refractivity contribution in [1.29, 1.82) is 0 Å². The van der Waals surface area contributed by atoms with E-state index < -0.39 is 0 Å². The Hall–Kier alpha value is -0.206. The summed E-state index contributed by atoms with van der Waals surface area (Å²) in [5.74, 6) is -0.00963. The van der Waals surface area contributed by atoms with Gasteiger partial charge in [-0.05, 0) is 25.0 Å². The fourth-order valence-electron chi connectivity index (χ4n) is 1.17. The number of nitrogens with one attached hydrogen (secondary N) is 1. The second-order valence-corrected chi connectivity index (χ2v) is 3.20. The smallest absolute Gasteiger partial charge is 0.237 e. The number of carbonyl (C=O) groups excluding carboxylic acids is 1. The summed E-state index contributed by atoms with van der Waals surface area (Å²) in [5, 5.41) is 2.78. The van der Waals surface area contributed by atoms with E-state index in [2.05, 4.69) is 11.4 Å². The predicted molar refractivity (Wildman–Crippen MR) is 59.1 cm³/mol. The van der Waals surface area contributed by atoms with Gasteiger partial charge in [0.05, 0.1) is 0 Å². The summed E-state index contributed by atoms with van der Waals surface area (Å²) in [6.45, 7) is 7.62. The van der Waals surface area contributed by atoms with Gasteiger partial charge in [0.25, 0.3) is 0 Å². The molecule has 1 rings (SSSR count). The summed E-state index contributed by atoms with van der Waals surface area (Å²) in [6, 6.07) is 0. The minimum atomic E-state index is -0.00963. The SMILES string of the molecule is C[C-]=C(C)/C=C1\C(=O)NC(C)=C1C.[CH3-].[Y]. The van der Waals surface area contributed by atoms with Crippen molar-refractivity contribution in [2.24, 2.45) is 0 Å². The van der Waals surface area contributed by atoms with Gasteiger partial charge in [-0.3, -0.25) is 10.9 Å². The molecule has 1 N–H and O–H groups in total. The van der Waals surface area contributed by atoms with Gasteiger partial charge in [0.1, 0.15) is 0 Å². The van der Waals surface area contributed by atoms with E-state index >= 15 is 0 Å². The molecule has 0 saturated carbocycles. The minimum Gasteiger partial charge on any atom is -0.358 e. The molecule has 0 unspecified atom stereocenters. The molecule has 1 amide bonds. The molecule has 81 valence electrons. The van der Waals surface area contributed by atoms with Crippen LogP contribution in [0.4, 0.5) is 0 Å². The molecule has 3 heteroatoms. The van der Waals surface area contributed by atoms with Crippen LogP contribution in [0.5, 0.6) is 0 Å². The number of hydrogen-bond donors (Lipinski definition) is 1. The van der Waals surface area contributed by atoms with E-state index in [0.29, 0.717) is 0 Å². The summed E-state index contributed by atoms with van der Waals surface area (Å²) in [5.41, 5.74) is 3.71. The zero-order valence-electron chi connectivity index (χ0n) is 10.1. The van der Waals surface area contributed by atoms with Gasteiger partial charge in [-0.1, -0.05) is 6.92 Å². The molecule has 0 atom stereocenters. The molecule has 0 aromatic rings. The van der Waals surface area contributed by atoms with Crippen LogP contribution in [0.2, 0.25) is 0 Å². The molecule has 0 aliphatic carbocycles. The van der Waals surface area contributed by atoms with Gasteiger partial charge >= 0.3 is 0 Å². The van der Waals surface area contributed by atoms with Gasteiger partial charge in [-0.15, -0.1) is 6.92 Å². The van der Waals surface area contributed by atoms with E-state index in [-0.39, 0.29) is 46.0 Å². The average Bonchev–Trinajstić information content (AvgIpc) is 2.32. The zero-order chi connectivity index (χ0) is 10.0. The number of carbonyl (C=O) groups is 1. The Balaban J connectivity index is 0. The van der Waals surface area contributed by atoms with Crippen molar-refractivity contribution < 1.29 is 37.5 Å².